The number of hydrazone groups is 1. The summed E-state index contributed by atoms with van der Waals surface area (Å²) in [6.45, 7) is 1.48. The number of anilines is 2. The molecule has 3 rings (SSSR count). The lowest BCUT2D eigenvalue weighted by molar-refractivity contribution is -0.136. The van der Waals surface area contributed by atoms with Crippen LogP contribution in [0.1, 0.15) is 18.1 Å². The maximum Gasteiger partial charge on any atom is 0.329 e. The summed E-state index contributed by atoms with van der Waals surface area (Å²) in [5, 5.41) is 9.06. The summed E-state index contributed by atoms with van der Waals surface area (Å²) >= 11 is 6.02. The quantitative estimate of drug-likeness (QED) is 0.238. The SMILES string of the molecule is COc1cc(/C=N/NC(=O)C(=O)Nc2ccc(NC(C)=O)cc2)ccc1OCc1ccc(F)cc1Cl. The predicted molar refractivity (Wildman–Crippen MR) is 134 cm³/mol. The normalized spacial score (nSPS) is 10.6. The van der Waals surface area contributed by atoms with E-state index in [-0.39, 0.29) is 17.5 Å². The number of rotatable bonds is 8. The van der Waals surface area contributed by atoms with E-state index in [4.69, 9.17) is 21.1 Å². The topological polar surface area (TPSA) is 118 Å². The van der Waals surface area contributed by atoms with Gasteiger partial charge < -0.3 is 20.1 Å². The van der Waals surface area contributed by atoms with Gasteiger partial charge in [0.15, 0.2) is 11.5 Å². The second-order valence-corrected chi connectivity index (χ2v) is 7.75. The molecule has 186 valence electrons. The van der Waals surface area contributed by atoms with E-state index in [0.717, 1.165) is 0 Å². The van der Waals surface area contributed by atoms with Crippen molar-refractivity contribution in [2.24, 2.45) is 5.10 Å². The smallest absolute Gasteiger partial charge is 0.329 e. The molecule has 0 fully saturated rings. The van der Waals surface area contributed by atoms with Gasteiger partial charge in [0.2, 0.25) is 5.91 Å². The van der Waals surface area contributed by atoms with E-state index < -0.39 is 17.6 Å². The standard InChI is InChI=1S/C25H22ClFN4O5/c1-15(32)29-19-6-8-20(9-7-19)30-24(33)25(34)31-28-13-16-3-10-22(23(11-16)35-2)36-14-17-4-5-18(27)12-21(17)26/h3-13H,14H2,1-2H3,(H,29,32)(H,30,33)(H,31,34)/b28-13+. The summed E-state index contributed by atoms with van der Waals surface area (Å²) < 4.78 is 24.3. The zero-order valence-corrected chi connectivity index (χ0v) is 20.1. The Labute approximate surface area is 211 Å². The number of carbonyl (C=O) groups is 3. The van der Waals surface area contributed by atoms with Crippen LogP contribution >= 0.6 is 11.6 Å². The fraction of sp³-hybridized carbons (Fsp3) is 0.120. The molecule has 3 N–H and O–H groups in total. The highest BCUT2D eigenvalue weighted by Crippen LogP contribution is 2.29. The molecule has 0 saturated heterocycles. The van der Waals surface area contributed by atoms with Gasteiger partial charge in [-0.3, -0.25) is 14.4 Å². The number of carbonyl (C=O) groups excluding carboxylic acids is 3. The van der Waals surface area contributed by atoms with Gasteiger partial charge in [0, 0.05) is 23.9 Å². The van der Waals surface area contributed by atoms with Crippen molar-refractivity contribution in [2.75, 3.05) is 17.7 Å². The largest absolute Gasteiger partial charge is 0.493 e. The Morgan fingerprint density at radius 2 is 1.64 bits per heavy atom. The molecule has 0 bridgehead atoms. The minimum Gasteiger partial charge on any atom is -0.493 e. The number of amides is 3. The lowest BCUT2D eigenvalue weighted by Gasteiger charge is -2.12. The van der Waals surface area contributed by atoms with E-state index in [1.165, 1.54) is 38.4 Å². The number of ether oxygens (including phenoxy) is 2. The molecule has 0 unspecified atom stereocenters. The molecule has 11 heteroatoms. The van der Waals surface area contributed by atoms with Crippen molar-refractivity contribution in [1.82, 2.24) is 5.43 Å². The monoisotopic (exact) mass is 512 g/mol. The van der Waals surface area contributed by atoms with Gasteiger partial charge in [-0.05, 0) is 60.2 Å². The fourth-order valence-corrected chi connectivity index (χ4v) is 3.14. The van der Waals surface area contributed by atoms with Crippen molar-refractivity contribution in [2.45, 2.75) is 13.5 Å². The molecule has 0 spiro atoms. The molecule has 0 aromatic heterocycles. The zero-order chi connectivity index (χ0) is 26.1. The van der Waals surface area contributed by atoms with Gasteiger partial charge in [-0.2, -0.15) is 5.10 Å². The van der Waals surface area contributed by atoms with Gasteiger partial charge in [-0.15, -0.1) is 0 Å². The third-order valence-electron chi connectivity index (χ3n) is 4.64. The lowest BCUT2D eigenvalue weighted by atomic mass is 10.2. The molecule has 0 aliphatic heterocycles. The predicted octanol–water partition coefficient (Wildman–Crippen LogP) is 4.11. The summed E-state index contributed by atoms with van der Waals surface area (Å²) in [6, 6.07) is 15.2. The molecule has 0 saturated carbocycles. The summed E-state index contributed by atoms with van der Waals surface area (Å²) in [7, 11) is 1.46. The third-order valence-corrected chi connectivity index (χ3v) is 4.99. The fourth-order valence-electron chi connectivity index (χ4n) is 2.92. The third kappa shape index (κ3) is 7.54. The first kappa shape index (κ1) is 26.2. The van der Waals surface area contributed by atoms with E-state index in [2.05, 4.69) is 21.2 Å². The molecule has 36 heavy (non-hydrogen) atoms. The number of nitrogens with zero attached hydrogens (tertiary/aromatic N) is 1. The van der Waals surface area contributed by atoms with Crippen molar-refractivity contribution >= 4 is 46.9 Å². The van der Waals surface area contributed by atoms with Crippen molar-refractivity contribution in [1.29, 1.82) is 0 Å². The summed E-state index contributed by atoms with van der Waals surface area (Å²) in [5.41, 5.74) is 4.24. The number of methoxy groups -OCH3 is 1. The molecule has 0 radical (unpaired) electrons. The summed E-state index contributed by atoms with van der Waals surface area (Å²) in [6.07, 6.45) is 1.33. The van der Waals surface area contributed by atoms with Crippen molar-refractivity contribution in [3.63, 3.8) is 0 Å². The zero-order valence-electron chi connectivity index (χ0n) is 19.3. The Bertz CT molecular complexity index is 1300. The maximum absolute atomic E-state index is 13.2. The Hall–Kier alpha value is -4.44. The van der Waals surface area contributed by atoms with Crippen LogP contribution in [0.3, 0.4) is 0 Å². The minimum absolute atomic E-state index is 0.101. The molecule has 0 aliphatic carbocycles. The first-order valence-electron chi connectivity index (χ1n) is 10.5. The Morgan fingerprint density at radius 1 is 0.944 bits per heavy atom. The van der Waals surface area contributed by atoms with Crippen LogP contribution in [0.2, 0.25) is 5.02 Å². The van der Waals surface area contributed by atoms with Gasteiger partial charge in [0.1, 0.15) is 12.4 Å². The molecule has 3 amide bonds. The maximum atomic E-state index is 13.2. The van der Waals surface area contributed by atoms with Crippen LogP contribution in [-0.2, 0) is 21.0 Å². The van der Waals surface area contributed by atoms with E-state index in [1.54, 1.807) is 42.5 Å². The number of nitrogens with one attached hydrogen (secondary N) is 3. The Morgan fingerprint density at radius 3 is 2.28 bits per heavy atom. The second-order valence-electron chi connectivity index (χ2n) is 7.35. The minimum atomic E-state index is -0.972. The van der Waals surface area contributed by atoms with Gasteiger partial charge in [0.25, 0.3) is 0 Å². The number of halogens is 2. The number of benzene rings is 3. The van der Waals surface area contributed by atoms with Crippen molar-refractivity contribution in [3.05, 3.63) is 82.6 Å². The van der Waals surface area contributed by atoms with Crippen molar-refractivity contribution in [3.8, 4) is 11.5 Å². The molecule has 3 aromatic rings. The van der Waals surface area contributed by atoms with E-state index >= 15 is 0 Å². The summed E-state index contributed by atoms with van der Waals surface area (Å²) in [4.78, 5) is 35.1. The van der Waals surface area contributed by atoms with Gasteiger partial charge in [-0.1, -0.05) is 17.7 Å². The summed E-state index contributed by atoms with van der Waals surface area (Å²) in [5.74, 6) is -1.74. The van der Waals surface area contributed by atoms with Crippen LogP contribution in [0.5, 0.6) is 11.5 Å². The number of hydrogen-bond acceptors (Lipinski definition) is 6. The molecule has 3 aromatic carbocycles. The Balaban J connectivity index is 1.54. The first-order chi connectivity index (χ1) is 17.2. The first-order valence-corrected chi connectivity index (χ1v) is 10.9. The Kier molecular flexibility index (Phi) is 8.95. The average molecular weight is 513 g/mol. The van der Waals surface area contributed by atoms with Crippen LogP contribution in [0.4, 0.5) is 15.8 Å². The highest BCUT2D eigenvalue weighted by atomic mass is 35.5. The van der Waals surface area contributed by atoms with Crippen LogP contribution in [0.15, 0.2) is 65.8 Å². The molecule has 0 aliphatic rings. The van der Waals surface area contributed by atoms with E-state index in [9.17, 15) is 18.8 Å². The highest BCUT2D eigenvalue weighted by molar-refractivity contribution is 6.39. The second kappa shape index (κ2) is 12.3. The van der Waals surface area contributed by atoms with Crippen LogP contribution in [-0.4, -0.2) is 31.0 Å². The van der Waals surface area contributed by atoms with Crippen LogP contribution in [0.25, 0.3) is 0 Å². The van der Waals surface area contributed by atoms with Crippen LogP contribution < -0.4 is 25.5 Å². The average Bonchev–Trinajstić information content (AvgIpc) is 2.84. The molecule has 0 atom stereocenters. The van der Waals surface area contributed by atoms with Gasteiger partial charge in [-0.25, -0.2) is 9.82 Å². The van der Waals surface area contributed by atoms with E-state index in [1.807, 2.05) is 0 Å². The van der Waals surface area contributed by atoms with Gasteiger partial charge >= 0.3 is 11.8 Å². The number of hydrogen-bond donors (Lipinski definition) is 3. The van der Waals surface area contributed by atoms with E-state index in [0.29, 0.717) is 34.0 Å². The molecular formula is C25H22ClFN4O5. The van der Waals surface area contributed by atoms with Crippen molar-refractivity contribution < 1.29 is 28.2 Å². The van der Waals surface area contributed by atoms with Gasteiger partial charge in [0.05, 0.1) is 18.3 Å². The molecular weight excluding hydrogens is 491 g/mol. The molecule has 9 nitrogen and oxygen atoms in total. The van der Waals surface area contributed by atoms with Crippen LogP contribution in [0, 0.1) is 5.82 Å². The lowest BCUT2D eigenvalue weighted by Crippen LogP contribution is -2.32. The highest BCUT2D eigenvalue weighted by Gasteiger charge is 2.13. The molecule has 0 heterocycles.